The Hall–Kier alpha value is -0.530. The second kappa shape index (κ2) is 6.86. The lowest BCUT2D eigenvalue weighted by Gasteiger charge is -2.23. The predicted octanol–water partition coefficient (Wildman–Crippen LogP) is 3.69. The van der Waals surface area contributed by atoms with Crippen molar-refractivity contribution in [3.8, 4) is 0 Å². The van der Waals surface area contributed by atoms with Crippen molar-refractivity contribution in [3.05, 3.63) is 0 Å². The first-order valence-electron chi connectivity index (χ1n) is 6.47. The molecule has 0 heterocycles. The molecule has 0 aromatic rings. The largest absolute Gasteiger partial charge is 0.462 e. The van der Waals surface area contributed by atoms with E-state index in [0.717, 1.165) is 6.42 Å². The summed E-state index contributed by atoms with van der Waals surface area (Å²) in [6, 6.07) is 0. The molecular formula is C13H24O2. The fourth-order valence-corrected chi connectivity index (χ4v) is 2.38. The van der Waals surface area contributed by atoms with Gasteiger partial charge in [-0.05, 0) is 25.2 Å². The van der Waals surface area contributed by atoms with Crippen LogP contribution >= 0.6 is 0 Å². The highest BCUT2D eigenvalue weighted by atomic mass is 16.5. The van der Waals surface area contributed by atoms with Gasteiger partial charge in [-0.15, -0.1) is 0 Å². The summed E-state index contributed by atoms with van der Waals surface area (Å²) in [7, 11) is 0. The maximum atomic E-state index is 11.3. The van der Waals surface area contributed by atoms with Gasteiger partial charge < -0.3 is 4.74 Å². The number of hydrogen-bond acceptors (Lipinski definition) is 2. The minimum Gasteiger partial charge on any atom is -0.462 e. The van der Waals surface area contributed by atoms with E-state index < -0.39 is 0 Å². The number of hydrogen-bond donors (Lipinski definition) is 0. The van der Waals surface area contributed by atoms with Crippen LogP contribution in [0.15, 0.2) is 0 Å². The lowest BCUT2D eigenvalue weighted by Crippen LogP contribution is -2.25. The first-order chi connectivity index (χ1) is 7.27. The number of carbonyl (C=O) groups excluding carboxylic acids is 1. The van der Waals surface area contributed by atoms with E-state index >= 15 is 0 Å². The number of rotatable bonds is 6. The highest BCUT2D eigenvalue weighted by molar-refractivity contribution is 5.69. The maximum Gasteiger partial charge on any atom is 0.305 e. The summed E-state index contributed by atoms with van der Waals surface area (Å²) in [5.41, 5.74) is 0. The van der Waals surface area contributed by atoms with Crippen LogP contribution < -0.4 is 0 Å². The third kappa shape index (κ3) is 4.23. The highest BCUT2D eigenvalue weighted by Gasteiger charge is 2.27. The lowest BCUT2D eigenvalue weighted by molar-refractivity contribution is -0.151. The summed E-state index contributed by atoms with van der Waals surface area (Å²) >= 11 is 0. The van der Waals surface area contributed by atoms with E-state index in [4.69, 9.17) is 4.74 Å². The standard InChI is InChI=1S/C13H24O2/c1-3-5-10-12(15-13(14)4-2)11-8-6-7-9-11/h11-12H,3-10H2,1-2H3. The molecule has 0 saturated heterocycles. The van der Waals surface area contributed by atoms with Crippen molar-refractivity contribution < 1.29 is 9.53 Å². The molecule has 1 saturated carbocycles. The van der Waals surface area contributed by atoms with Crippen molar-refractivity contribution in [2.45, 2.75) is 71.3 Å². The molecule has 15 heavy (non-hydrogen) atoms. The smallest absolute Gasteiger partial charge is 0.305 e. The summed E-state index contributed by atoms with van der Waals surface area (Å²) in [4.78, 5) is 11.3. The van der Waals surface area contributed by atoms with Crippen LogP contribution in [0.5, 0.6) is 0 Å². The molecule has 2 heteroatoms. The highest BCUT2D eigenvalue weighted by Crippen LogP contribution is 2.31. The molecule has 0 radical (unpaired) electrons. The van der Waals surface area contributed by atoms with Crippen molar-refractivity contribution in [2.24, 2.45) is 5.92 Å². The van der Waals surface area contributed by atoms with Crippen molar-refractivity contribution in [1.29, 1.82) is 0 Å². The molecule has 88 valence electrons. The molecule has 0 aromatic carbocycles. The van der Waals surface area contributed by atoms with E-state index in [1.54, 1.807) is 0 Å². The Morgan fingerprint density at radius 1 is 1.33 bits per heavy atom. The number of unbranched alkanes of at least 4 members (excludes halogenated alkanes) is 1. The van der Waals surface area contributed by atoms with Gasteiger partial charge in [-0.2, -0.15) is 0 Å². The van der Waals surface area contributed by atoms with Gasteiger partial charge in [0.2, 0.25) is 0 Å². The zero-order valence-electron chi connectivity index (χ0n) is 10.1. The van der Waals surface area contributed by atoms with Gasteiger partial charge in [-0.3, -0.25) is 4.79 Å². The second-order valence-electron chi connectivity index (χ2n) is 4.57. The van der Waals surface area contributed by atoms with E-state index in [0.29, 0.717) is 12.3 Å². The van der Waals surface area contributed by atoms with Crippen LogP contribution in [0.25, 0.3) is 0 Å². The van der Waals surface area contributed by atoms with Crippen LogP contribution in [0.4, 0.5) is 0 Å². The maximum absolute atomic E-state index is 11.3. The van der Waals surface area contributed by atoms with Crippen LogP contribution in [0.2, 0.25) is 0 Å². The molecular weight excluding hydrogens is 188 g/mol. The molecule has 1 unspecified atom stereocenters. The van der Waals surface area contributed by atoms with Gasteiger partial charge in [0.25, 0.3) is 0 Å². The predicted molar refractivity (Wildman–Crippen MR) is 61.7 cm³/mol. The first-order valence-corrected chi connectivity index (χ1v) is 6.47. The Morgan fingerprint density at radius 3 is 2.53 bits per heavy atom. The molecule has 0 amide bonds. The second-order valence-corrected chi connectivity index (χ2v) is 4.57. The van der Waals surface area contributed by atoms with Crippen LogP contribution in [0, 0.1) is 5.92 Å². The van der Waals surface area contributed by atoms with Gasteiger partial charge in [0.1, 0.15) is 6.10 Å². The molecule has 0 spiro atoms. The monoisotopic (exact) mass is 212 g/mol. The van der Waals surface area contributed by atoms with Crippen molar-refractivity contribution in [2.75, 3.05) is 0 Å². The van der Waals surface area contributed by atoms with Crippen molar-refractivity contribution in [1.82, 2.24) is 0 Å². The quantitative estimate of drug-likeness (QED) is 0.628. The SMILES string of the molecule is CCCCC(OC(=O)CC)C1CCCC1. The minimum atomic E-state index is -0.0250. The van der Waals surface area contributed by atoms with Gasteiger partial charge in [-0.1, -0.05) is 39.5 Å². The average molecular weight is 212 g/mol. The Balaban J connectivity index is 2.40. The summed E-state index contributed by atoms with van der Waals surface area (Å²) in [5.74, 6) is 0.620. The molecule has 0 aliphatic heterocycles. The van der Waals surface area contributed by atoms with E-state index in [1.165, 1.54) is 38.5 Å². The fourth-order valence-electron chi connectivity index (χ4n) is 2.38. The Kier molecular flexibility index (Phi) is 5.74. The van der Waals surface area contributed by atoms with Crippen LogP contribution in [0.3, 0.4) is 0 Å². The number of esters is 1. The summed E-state index contributed by atoms with van der Waals surface area (Å²) < 4.78 is 5.55. The van der Waals surface area contributed by atoms with Gasteiger partial charge >= 0.3 is 5.97 Å². The van der Waals surface area contributed by atoms with E-state index in [1.807, 2.05) is 6.92 Å². The molecule has 1 rings (SSSR count). The normalized spacial score (nSPS) is 19.1. The molecule has 1 fully saturated rings. The lowest BCUT2D eigenvalue weighted by atomic mass is 9.96. The molecule has 1 atom stereocenters. The molecule has 2 nitrogen and oxygen atoms in total. The van der Waals surface area contributed by atoms with Crippen molar-refractivity contribution in [3.63, 3.8) is 0 Å². The Labute approximate surface area is 93.4 Å². The Bertz CT molecular complexity index is 183. The molecule has 0 aromatic heterocycles. The minimum absolute atomic E-state index is 0.0250. The van der Waals surface area contributed by atoms with Crippen LogP contribution in [-0.2, 0) is 9.53 Å². The molecule has 1 aliphatic carbocycles. The van der Waals surface area contributed by atoms with Gasteiger partial charge in [0.15, 0.2) is 0 Å². The van der Waals surface area contributed by atoms with Gasteiger partial charge in [0.05, 0.1) is 0 Å². The van der Waals surface area contributed by atoms with Gasteiger partial charge in [-0.25, -0.2) is 0 Å². The summed E-state index contributed by atoms with van der Waals surface area (Å²) in [6.07, 6.45) is 9.29. The first kappa shape index (κ1) is 12.5. The summed E-state index contributed by atoms with van der Waals surface area (Å²) in [5, 5.41) is 0. The van der Waals surface area contributed by atoms with E-state index in [-0.39, 0.29) is 12.1 Å². The van der Waals surface area contributed by atoms with Gasteiger partial charge in [0, 0.05) is 6.42 Å². The summed E-state index contributed by atoms with van der Waals surface area (Å²) in [6.45, 7) is 4.06. The average Bonchev–Trinajstić information content (AvgIpc) is 2.77. The van der Waals surface area contributed by atoms with Crippen LogP contribution in [0.1, 0.15) is 65.2 Å². The zero-order chi connectivity index (χ0) is 11.1. The molecule has 0 bridgehead atoms. The molecule has 1 aliphatic rings. The fraction of sp³-hybridized carbons (Fsp3) is 0.923. The third-order valence-electron chi connectivity index (χ3n) is 3.34. The van der Waals surface area contributed by atoms with E-state index in [2.05, 4.69) is 6.92 Å². The zero-order valence-corrected chi connectivity index (χ0v) is 10.1. The van der Waals surface area contributed by atoms with E-state index in [9.17, 15) is 4.79 Å². The van der Waals surface area contributed by atoms with Crippen molar-refractivity contribution >= 4 is 5.97 Å². The van der Waals surface area contributed by atoms with Crippen LogP contribution in [-0.4, -0.2) is 12.1 Å². The third-order valence-corrected chi connectivity index (χ3v) is 3.34. The number of carbonyl (C=O) groups is 1. The topological polar surface area (TPSA) is 26.3 Å². The Morgan fingerprint density at radius 2 is 2.00 bits per heavy atom. The molecule has 0 N–H and O–H groups in total. The number of ether oxygens (including phenoxy) is 1.